The molecule has 7 heteroatoms. The quantitative estimate of drug-likeness (QED) is 0.604. The molecule has 2 rings (SSSR count). The average Bonchev–Trinajstić information content (AvgIpc) is 2.52. The van der Waals surface area contributed by atoms with Crippen molar-refractivity contribution in [3.05, 3.63) is 64.1 Å². The van der Waals surface area contributed by atoms with Gasteiger partial charge in [-0.15, -0.1) is 0 Å². The topological polar surface area (TPSA) is 50.4 Å². The molecule has 2 aromatic carbocycles. The number of thiocarbonyl (C=S) groups is 1. The number of benzene rings is 2. The van der Waals surface area contributed by atoms with Crippen molar-refractivity contribution in [2.75, 3.05) is 12.4 Å². The van der Waals surface area contributed by atoms with Crippen LogP contribution in [-0.4, -0.2) is 18.1 Å². The van der Waals surface area contributed by atoms with E-state index in [1.807, 2.05) is 24.3 Å². The van der Waals surface area contributed by atoms with Gasteiger partial charge in [-0.25, -0.2) is 0 Å². The molecule has 24 heavy (non-hydrogen) atoms. The van der Waals surface area contributed by atoms with Gasteiger partial charge in [0.05, 0.1) is 7.11 Å². The number of carbonyl (C=O) groups is 1. The highest BCUT2D eigenvalue weighted by Crippen LogP contribution is 2.22. The normalized spacial score (nSPS) is 10.5. The Bertz CT molecular complexity index is 756. The van der Waals surface area contributed by atoms with Gasteiger partial charge in [-0.2, -0.15) is 0 Å². The molecule has 124 valence electrons. The zero-order valence-electron chi connectivity index (χ0n) is 12.7. The molecule has 0 saturated carbocycles. The SMILES string of the molecule is COc1ccc(C=CC(=O)NC(=S)Nc2cc(Cl)cc(Cl)c2)cc1. The van der Waals surface area contributed by atoms with E-state index < -0.39 is 0 Å². The van der Waals surface area contributed by atoms with Gasteiger partial charge in [0.2, 0.25) is 5.91 Å². The van der Waals surface area contributed by atoms with Crippen LogP contribution in [-0.2, 0) is 4.79 Å². The predicted octanol–water partition coefficient (Wildman–Crippen LogP) is 4.53. The van der Waals surface area contributed by atoms with Crippen LogP contribution in [0.2, 0.25) is 10.0 Å². The lowest BCUT2D eigenvalue weighted by Gasteiger charge is -2.09. The third kappa shape index (κ3) is 5.85. The fourth-order valence-electron chi connectivity index (χ4n) is 1.83. The van der Waals surface area contributed by atoms with Gasteiger partial charge in [-0.3, -0.25) is 10.1 Å². The molecule has 0 saturated heterocycles. The molecule has 0 atom stereocenters. The maximum atomic E-state index is 11.9. The van der Waals surface area contributed by atoms with Gasteiger partial charge in [0, 0.05) is 21.8 Å². The molecule has 0 heterocycles. The Morgan fingerprint density at radius 3 is 2.33 bits per heavy atom. The highest BCUT2D eigenvalue weighted by molar-refractivity contribution is 7.80. The van der Waals surface area contributed by atoms with Gasteiger partial charge in [-0.05, 0) is 54.2 Å². The second-order valence-corrected chi connectivity index (χ2v) is 5.99. The lowest BCUT2D eigenvalue weighted by molar-refractivity contribution is -0.115. The van der Waals surface area contributed by atoms with Crippen LogP contribution in [0, 0.1) is 0 Å². The summed E-state index contributed by atoms with van der Waals surface area (Å²) in [6.07, 6.45) is 3.06. The van der Waals surface area contributed by atoms with Crippen LogP contribution >= 0.6 is 35.4 Å². The first-order valence-corrected chi connectivity index (χ1v) is 8.03. The minimum atomic E-state index is -0.351. The van der Waals surface area contributed by atoms with Gasteiger partial charge in [0.15, 0.2) is 5.11 Å². The number of carbonyl (C=O) groups excluding carboxylic acids is 1. The third-order valence-electron chi connectivity index (χ3n) is 2.90. The lowest BCUT2D eigenvalue weighted by atomic mass is 10.2. The fraction of sp³-hybridized carbons (Fsp3) is 0.0588. The zero-order chi connectivity index (χ0) is 17.5. The summed E-state index contributed by atoms with van der Waals surface area (Å²) in [7, 11) is 1.60. The second kappa shape index (κ2) is 8.68. The molecular formula is C17H14Cl2N2O2S. The molecule has 4 nitrogen and oxygen atoms in total. The number of methoxy groups -OCH3 is 1. The van der Waals surface area contributed by atoms with Gasteiger partial charge < -0.3 is 10.1 Å². The summed E-state index contributed by atoms with van der Waals surface area (Å²) in [4.78, 5) is 11.9. The fourth-order valence-corrected chi connectivity index (χ4v) is 2.57. The molecule has 0 aromatic heterocycles. The summed E-state index contributed by atoms with van der Waals surface area (Å²) >= 11 is 16.9. The van der Waals surface area contributed by atoms with E-state index in [0.717, 1.165) is 11.3 Å². The van der Waals surface area contributed by atoms with E-state index >= 15 is 0 Å². The van der Waals surface area contributed by atoms with Crippen molar-refractivity contribution >= 4 is 58.2 Å². The first-order chi connectivity index (χ1) is 11.5. The molecular weight excluding hydrogens is 367 g/mol. The summed E-state index contributed by atoms with van der Waals surface area (Å²) < 4.78 is 5.07. The van der Waals surface area contributed by atoms with Gasteiger partial charge in [-0.1, -0.05) is 35.3 Å². The number of rotatable bonds is 4. The molecule has 0 bridgehead atoms. The molecule has 2 aromatic rings. The van der Waals surface area contributed by atoms with E-state index in [-0.39, 0.29) is 11.0 Å². The van der Waals surface area contributed by atoms with Crippen LogP contribution in [0.25, 0.3) is 6.08 Å². The highest BCUT2D eigenvalue weighted by atomic mass is 35.5. The Balaban J connectivity index is 1.90. The summed E-state index contributed by atoms with van der Waals surface area (Å²) in [5.74, 6) is 0.401. The Hall–Kier alpha value is -2.08. The standard InChI is InChI=1S/C17H14Cl2N2O2S/c1-23-15-5-2-11(3-6-15)4-7-16(22)21-17(24)20-14-9-12(18)8-13(19)10-14/h2-10H,1H3,(H2,20,21,22,24). The molecule has 0 spiro atoms. The molecule has 0 fully saturated rings. The minimum Gasteiger partial charge on any atom is -0.497 e. The highest BCUT2D eigenvalue weighted by Gasteiger charge is 2.03. The monoisotopic (exact) mass is 380 g/mol. The molecule has 2 N–H and O–H groups in total. The average molecular weight is 381 g/mol. The van der Waals surface area contributed by atoms with Crippen LogP contribution in [0.1, 0.15) is 5.56 Å². The Kier molecular flexibility index (Phi) is 6.61. The number of anilines is 1. The minimum absolute atomic E-state index is 0.151. The van der Waals surface area contributed by atoms with Crippen LogP contribution in [0.5, 0.6) is 5.75 Å². The zero-order valence-corrected chi connectivity index (χ0v) is 15.0. The maximum Gasteiger partial charge on any atom is 0.250 e. The number of hydrogen-bond donors (Lipinski definition) is 2. The predicted molar refractivity (Wildman–Crippen MR) is 103 cm³/mol. The number of nitrogens with one attached hydrogen (secondary N) is 2. The Labute approximate surface area is 155 Å². The van der Waals surface area contributed by atoms with Crippen LogP contribution < -0.4 is 15.4 Å². The van der Waals surface area contributed by atoms with Crippen molar-refractivity contribution in [1.82, 2.24) is 5.32 Å². The van der Waals surface area contributed by atoms with E-state index in [2.05, 4.69) is 10.6 Å². The van der Waals surface area contributed by atoms with Crippen molar-refractivity contribution < 1.29 is 9.53 Å². The third-order valence-corrected chi connectivity index (χ3v) is 3.54. The number of hydrogen-bond acceptors (Lipinski definition) is 3. The van der Waals surface area contributed by atoms with E-state index in [9.17, 15) is 4.79 Å². The van der Waals surface area contributed by atoms with Crippen molar-refractivity contribution in [2.45, 2.75) is 0 Å². The number of amides is 1. The van der Waals surface area contributed by atoms with E-state index in [4.69, 9.17) is 40.2 Å². The first-order valence-electron chi connectivity index (χ1n) is 6.86. The summed E-state index contributed by atoms with van der Waals surface area (Å²) in [5, 5.41) is 6.48. The lowest BCUT2D eigenvalue weighted by Crippen LogP contribution is -2.32. The van der Waals surface area contributed by atoms with E-state index in [0.29, 0.717) is 15.7 Å². The van der Waals surface area contributed by atoms with Gasteiger partial charge in [0.25, 0.3) is 0 Å². The summed E-state index contributed by atoms with van der Waals surface area (Å²) in [6.45, 7) is 0. The van der Waals surface area contributed by atoms with Gasteiger partial charge in [0.1, 0.15) is 5.75 Å². The summed E-state index contributed by atoms with van der Waals surface area (Å²) in [6, 6.07) is 12.2. The van der Waals surface area contributed by atoms with E-state index in [1.165, 1.54) is 6.08 Å². The molecule has 0 unspecified atom stereocenters. The van der Waals surface area contributed by atoms with Crippen LogP contribution in [0.3, 0.4) is 0 Å². The summed E-state index contributed by atoms with van der Waals surface area (Å²) in [5.41, 5.74) is 1.46. The van der Waals surface area contributed by atoms with Crippen molar-refractivity contribution in [2.24, 2.45) is 0 Å². The number of halogens is 2. The molecule has 0 aliphatic heterocycles. The molecule has 0 aliphatic carbocycles. The van der Waals surface area contributed by atoms with Crippen LogP contribution in [0.15, 0.2) is 48.5 Å². The maximum absolute atomic E-state index is 11.9. The van der Waals surface area contributed by atoms with Crippen LogP contribution in [0.4, 0.5) is 5.69 Å². The second-order valence-electron chi connectivity index (χ2n) is 4.71. The smallest absolute Gasteiger partial charge is 0.250 e. The van der Waals surface area contributed by atoms with Crippen molar-refractivity contribution in [1.29, 1.82) is 0 Å². The van der Waals surface area contributed by atoms with Crippen molar-refractivity contribution in [3.8, 4) is 5.75 Å². The largest absolute Gasteiger partial charge is 0.497 e. The Morgan fingerprint density at radius 2 is 1.75 bits per heavy atom. The first kappa shape index (κ1) is 18.3. The van der Waals surface area contributed by atoms with Crippen molar-refractivity contribution in [3.63, 3.8) is 0 Å². The molecule has 0 aliphatic rings. The molecule has 0 radical (unpaired) electrons. The Morgan fingerprint density at radius 1 is 1.12 bits per heavy atom. The van der Waals surface area contributed by atoms with E-state index in [1.54, 1.807) is 31.4 Å². The number of ether oxygens (including phenoxy) is 1. The van der Waals surface area contributed by atoms with Gasteiger partial charge >= 0.3 is 0 Å². The molecule has 1 amide bonds.